The summed E-state index contributed by atoms with van der Waals surface area (Å²) in [4.78, 5) is 3.18. The number of halogens is 1. The van der Waals surface area contributed by atoms with Gasteiger partial charge in [0.25, 0.3) is 0 Å². The zero-order chi connectivity index (χ0) is 12.4. The summed E-state index contributed by atoms with van der Waals surface area (Å²) in [5.74, 6) is 0. The first kappa shape index (κ1) is 11.2. The smallest absolute Gasteiger partial charge is 0.0455 e. The summed E-state index contributed by atoms with van der Waals surface area (Å²) >= 11 is 5.96. The first-order valence-corrected chi connectivity index (χ1v) is 6.24. The van der Waals surface area contributed by atoms with Crippen LogP contribution in [-0.2, 0) is 6.54 Å². The molecule has 0 spiro atoms. The molecule has 3 heteroatoms. The summed E-state index contributed by atoms with van der Waals surface area (Å²) in [6.45, 7) is 0.774. The van der Waals surface area contributed by atoms with Gasteiger partial charge in [0.15, 0.2) is 0 Å². The van der Waals surface area contributed by atoms with E-state index >= 15 is 0 Å². The Kier molecular flexibility index (Phi) is 2.95. The molecule has 0 saturated carbocycles. The summed E-state index contributed by atoms with van der Waals surface area (Å²) in [7, 11) is 0. The summed E-state index contributed by atoms with van der Waals surface area (Å²) in [5, 5.41) is 5.39. The van der Waals surface area contributed by atoms with Crippen molar-refractivity contribution in [3.63, 3.8) is 0 Å². The highest BCUT2D eigenvalue weighted by Crippen LogP contribution is 2.19. The third-order valence-electron chi connectivity index (χ3n) is 2.94. The average molecular weight is 257 g/mol. The van der Waals surface area contributed by atoms with E-state index in [1.807, 2.05) is 24.4 Å². The molecule has 0 aliphatic rings. The molecule has 0 amide bonds. The van der Waals surface area contributed by atoms with Crippen LogP contribution in [-0.4, -0.2) is 4.98 Å². The highest BCUT2D eigenvalue weighted by molar-refractivity contribution is 6.30. The van der Waals surface area contributed by atoms with Gasteiger partial charge < -0.3 is 10.3 Å². The quantitative estimate of drug-likeness (QED) is 0.713. The van der Waals surface area contributed by atoms with E-state index < -0.39 is 0 Å². The molecule has 2 nitrogen and oxygen atoms in total. The van der Waals surface area contributed by atoms with Crippen molar-refractivity contribution in [3.05, 3.63) is 65.3 Å². The summed E-state index contributed by atoms with van der Waals surface area (Å²) < 4.78 is 0. The normalized spacial score (nSPS) is 10.7. The number of aromatic amines is 1. The van der Waals surface area contributed by atoms with Crippen molar-refractivity contribution in [2.75, 3.05) is 5.32 Å². The van der Waals surface area contributed by atoms with Gasteiger partial charge in [0.1, 0.15) is 0 Å². The molecule has 0 aliphatic heterocycles. The first-order valence-electron chi connectivity index (χ1n) is 5.87. The van der Waals surface area contributed by atoms with E-state index in [0.717, 1.165) is 22.8 Å². The Morgan fingerprint density at radius 2 is 2.00 bits per heavy atom. The molecule has 0 aliphatic carbocycles. The Labute approximate surface area is 111 Å². The van der Waals surface area contributed by atoms with Gasteiger partial charge >= 0.3 is 0 Å². The lowest BCUT2D eigenvalue weighted by Gasteiger charge is -2.07. The van der Waals surface area contributed by atoms with Gasteiger partial charge in [0.05, 0.1) is 0 Å². The minimum Gasteiger partial charge on any atom is -0.381 e. The Hall–Kier alpha value is -1.93. The van der Waals surface area contributed by atoms with Crippen LogP contribution in [0.15, 0.2) is 54.7 Å². The standard InChI is InChI=1S/C15H13ClN2/c16-13-3-1-2-11(8-13)10-18-14-4-5-15-12(9-14)6-7-17-15/h1-9,17-18H,10H2. The number of aromatic nitrogens is 1. The molecule has 3 aromatic rings. The van der Waals surface area contributed by atoms with E-state index in [9.17, 15) is 0 Å². The maximum atomic E-state index is 5.96. The van der Waals surface area contributed by atoms with Crippen LogP contribution in [0, 0.1) is 0 Å². The van der Waals surface area contributed by atoms with Crippen molar-refractivity contribution in [3.8, 4) is 0 Å². The molecule has 1 aromatic heterocycles. The summed E-state index contributed by atoms with van der Waals surface area (Å²) in [6, 6.07) is 16.2. The van der Waals surface area contributed by atoms with E-state index in [1.165, 1.54) is 10.9 Å². The number of nitrogens with one attached hydrogen (secondary N) is 2. The maximum Gasteiger partial charge on any atom is 0.0455 e. The summed E-state index contributed by atoms with van der Waals surface area (Å²) in [6.07, 6.45) is 1.95. The number of benzene rings is 2. The van der Waals surface area contributed by atoms with Gasteiger partial charge in [-0.2, -0.15) is 0 Å². The SMILES string of the molecule is Clc1cccc(CNc2ccc3[nH]ccc3c2)c1. The third-order valence-corrected chi connectivity index (χ3v) is 3.17. The van der Waals surface area contributed by atoms with Gasteiger partial charge in [-0.25, -0.2) is 0 Å². The van der Waals surface area contributed by atoms with E-state index in [2.05, 4.69) is 40.6 Å². The molecule has 0 fully saturated rings. The van der Waals surface area contributed by atoms with Crippen LogP contribution in [0.4, 0.5) is 5.69 Å². The van der Waals surface area contributed by atoms with Crippen LogP contribution in [0.2, 0.25) is 5.02 Å². The van der Waals surface area contributed by atoms with Crippen molar-refractivity contribution in [2.24, 2.45) is 0 Å². The molecule has 90 valence electrons. The minimum atomic E-state index is 0.774. The van der Waals surface area contributed by atoms with E-state index in [-0.39, 0.29) is 0 Å². The molecule has 0 saturated heterocycles. The van der Waals surface area contributed by atoms with E-state index in [0.29, 0.717) is 0 Å². The molecule has 0 unspecified atom stereocenters. The molecule has 1 heterocycles. The molecular formula is C15H13ClN2. The van der Waals surface area contributed by atoms with Crippen LogP contribution in [0.1, 0.15) is 5.56 Å². The van der Waals surface area contributed by atoms with Gasteiger partial charge in [-0.1, -0.05) is 23.7 Å². The van der Waals surface area contributed by atoms with Crippen LogP contribution < -0.4 is 5.32 Å². The van der Waals surface area contributed by atoms with E-state index in [1.54, 1.807) is 0 Å². The maximum absolute atomic E-state index is 5.96. The summed E-state index contributed by atoms with van der Waals surface area (Å²) in [5.41, 5.74) is 3.45. The van der Waals surface area contributed by atoms with Crippen molar-refractivity contribution in [1.82, 2.24) is 4.98 Å². The Morgan fingerprint density at radius 1 is 1.06 bits per heavy atom. The van der Waals surface area contributed by atoms with Gasteiger partial charge in [0.2, 0.25) is 0 Å². The zero-order valence-electron chi connectivity index (χ0n) is 9.78. The van der Waals surface area contributed by atoms with Gasteiger partial charge in [0, 0.05) is 34.4 Å². The zero-order valence-corrected chi connectivity index (χ0v) is 10.5. The lowest BCUT2D eigenvalue weighted by Crippen LogP contribution is -1.98. The Bertz CT molecular complexity index is 673. The molecule has 0 bridgehead atoms. The van der Waals surface area contributed by atoms with Crippen molar-refractivity contribution in [1.29, 1.82) is 0 Å². The molecule has 3 rings (SSSR count). The lowest BCUT2D eigenvalue weighted by atomic mass is 10.2. The van der Waals surface area contributed by atoms with Crippen LogP contribution in [0.25, 0.3) is 10.9 Å². The van der Waals surface area contributed by atoms with Gasteiger partial charge in [-0.05, 0) is 42.0 Å². The molecular weight excluding hydrogens is 244 g/mol. The largest absolute Gasteiger partial charge is 0.381 e. The molecule has 18 heavy (non-hydrogen) atoms. The van der Waals surface area contributed by atoms with Crippen LogP contribution in [0.5, 0.6) is 0 Å². The van der Waals surface area contributed by atoms with Gasteiger partial charge in [-0.15, -0.1) is 0 Å². The van der Waals surface area contributed by atoms with Crippen LogP contribution in [0.3, 0.4) is 0 Å². The minimum absolute atomic E-state index is 0.774. The van der Waals surface area contributed by atoms with E-state index in [4.69, 9.17) is 11.6 Å². The third kappa shape index (κ3) is 2.34. The number of hydrogen-bond acceptors (Lipinski definition) is 1. The fraction of sp³-hybridized carbons (Fsp3) is 0.0667. The Morgan fingerprint density at radius 3 is 2.89 bits per heavy atom. The second kappa shape index (κ2) is 4.75. The monoisotopic (exact) mass is 256 g/mol. The van der Waals surface area contributed by atoms with Crippen LogP contribution >= 0.6 is 11.6 Å². The highest BCUT2D eigenvalue weighted by Gasteiger charge is 1.98. The molecule has 0 radical (unpaired) electrons. The fourth-order valence-electron chi connectivity index (χ4n) is 2.01. The number of hydrogen-bond donors (Lipinski definition) is 2. The first-order chi connectivity index (χ1) is 8.81. The number of H-pyrrole nitrogens is 1. The lowest BCUT2D eigenvalue weighted by molar-refractivity contribution is 1.15. The number of fused-ring (bicyclic) bond motifs is 1. The van der Waals surface area contributed by atoms with Gasteiger partial charge in [-0.3, -0.25) is 0 Å². The second-order valence-electron chi connectivity index (χ2n) is 4.26. The molecule has 2 aromatic carbocycles. The Balaban J connectivity index is 1.76. The molecule has 0 atom stereocenters. The fourth-order valence-corrected chi connectivity index (χ4v) is 2.23. The predicted molar refractivity (Wildman–Crippen MR) is 77.1 cm³/mol. The number of rotatable bonds is 3. The predicted octanol–water partition coefficient (Wildman–Crippen LogP) is 4.43. The average Bonchev–Trinajstić information content (AvgIpc) is 2.84. The highest BCUT2D eigenvalue weighted by atomic mass is 35.5. The van der Waals surface area contributed by atoms with Crippen molar-refractivity contribution < 1.29 is 0 Å². The topological polar surface area (TPSA) is 27.8 Å². The molecule has 2 N–H and O–H groups in total. The second-order valence-corrected chi connectivity index (χ2v) is 4.70. The van der Waals surface area contributed by atoms with Crippen molar-refractivity contribution in [2.45, 2.75) is 6.54 Å². The number of anilines is 1. The van der Waals surface area contributed by atoms with Crippen molar-refractivity contribution >= 4 is 28.2 Å².